The quantitative estimate of drug-likeness (QED) is 0.224. The summed E-state index contributed by atoms with van der Waals surface area (Å²) in [6.45, 7) is 1.63. The lowest BCUT2D eigenvalue weighted by Crippen LogP contribution is -2.14. The lowest BCUT2D eigenvalue weighted by molar-refractivity contribution is -0.140. The normalized spacial score (nSPS) is 12.6. The molecule has 0 aromatic heterocycles. The highest BCUT2D eigenvalue weighted by Crippen LogP contribution is 2.29. The minimum absolute atomic E-state index is 0.0975. The van der Waals surface area contributed by atoms with E-state index in [-0.39, 0.29) is 19.8 Å². The Hall–Kier alpha value is -2.77. The van der Waals surface area contributed by atoms with Gasteiger partial charge in [-0.3, -0.25) is 9.00 Å². The second kappa shape index (κ2) is 13.6. The Morgan fingerprint density at radius 3 is 2.12 bits per heavy atom. The first-order valence-corrected chi connectivity index (χ1v) is 12.1. The van der Waals surface area contributed by atoms with Gasteiger partial charge in [-0.15, -0.1) is 0 Å². The van der Waals surface area contributed by atoms with E-state index in [9.17, 15) is 13.8 Å². The Balaban J connectivity index is 2.41. The maximum absolute atomic E-state index is 13.2. The molecular weight excluding hydrogens is 428 g/mol. The number of hydrogen-bond donors (Lipinski definition) is 1. The van der Waals surface area contributed by atoms with Crippen molar-refractivity contribution in [1.29, 1.82) is 0 Å². The number of aliphatic hydroxyl groups excluding tert-OH is 1. The number of unbranched alkanes of at least 4 members (excludes halogenated alkanes) is 3. The van der Waals surface area contributed by atoms with Crippen molar-refractivity contribution in [3.63, 3.8) is 0 Å². The molecule has 0 fully saturated rings. The van der Waals surface area contributed by atoms with E-state index in [1.807, 2.05) is 18.2 Å². The van der Waals surface area contributed by atoms with Gasteiger partial charge in [-0.25, -0.2) is 4.79 Å². The summed E-state index contributed by atoms with van der Waals surface area (Å²) in [6, 6.07) is 16.1. The fraction of sp³-hybridized carbons (Fsp3) is 0.360. The van der Waals surface area contributed by atoms with Gasteiger partial charge in [-0.1, -0.05) is 48.9 Å². The zero-order valence-corrected chi connectivity index (χ0v) is 19.4. The molecule has 1 atom stereocenters. The topological polar surface area (TPSA) is 89.9 Å². The Morgan fingerprint density at radius 2 is 1.53 bits per heavy atom. The van der Waals surface area contributed by atoms with Gasteiger partial charge in [0.2, 0.25) is 0 Å². The summed E-state index contributed by atoms with van der Waals surface area (Å²) >= 11 is 0. The molecule has 172 valence electrons. The van der Waals surface area contributed by atoms with E-state index in [0.29, 0.717) is 33.6 Å². The average molecular weight is 459 g/mol. The molecule has 2 rings (SSSR count). The predicted octanol–water partition coefficient (Wildman–Crippen LogP) is 3.99. The van der Waals surface area contributed by atoms with E-state index >= 15 is 0 Å². The van der Waals surface area contributed by atoms with Gasteiger partial charge in [0.25, 0.3) is 0 Å². The number of carbonyl (C=O) groups excluding carboxylic acids is 2. The van der Waals surface area contributed by atoms with E-state index in [4.69, 9.17) is 14.6 Å². The molecule has 6 nitrogen and oxygen atoms in total. The molecule has 0 saturated carbocycles. The minimum atomic E-state index is -1.13. The molecule has 1 N–H and O–H groups in total. The van der Waals surface area contributed by atoms with Gasteiger partial charge >= 0.3 is 11.9 Å². The smallest absolute Gasteiger partial charge is 0.339 e. The Kier molecular flexibility index (Phi) is 10.8. The van der Waals surface area contributed by atoms with Crippen molar-refractivity contribution in [2.75, 3.05) is 26.1 Å². The third kappa shape index (κ3) is 8.05. The fourth-order valence-electron chi connectivity index (χ4n) is 3.15. The molecule has 32 heavy (non-hydrogen) atoms. The van der Waals surface area contributed by atoms with Crippen molar-refractivity contribution in [3.8, 4) is 0 Å². The first-order chi connectivity index (χ1) is 15.4. The van der Waals surface area contributed by atoms with Gasteiger partial charge < -0.3 is 14.6 Å². The van der Waals surface area contributed by atoms with Gasteiger partial charge in [0, 0.05) is 41.1 Å². The van der Waals surface area contributed by atoms with Crippen molar-refractivity contribution in [1.82, 2.24) is 0 Å². The molecule has 2 aromatic carbocycles. The molecule has 2 aromatic rings. The van der Waals surface area contributed by atoms with Crippen molar-refractivity contribution in [3.05, 3.63) is 65.7 Å². The predicted molar refractivity (Wildman–Crippen MR) is 125 cm³/mol. The van der Waals surface area contributed by atoms with Crippen LogP contribution in [0.1, 0.15) is 43.7 Å². The maximum Gasteiger partial charge on any atom is 0.339 e. The van der Waals surface area contributed by atoms with E-state index in [1.54, 1.807) is 42.7 Å². The summed E-state index contributed by atoms with van der Waals surface area (Å²) in [4.78, 5) is 25.3. The fourth-order valence-corrected chi connectivity index (χ4v) is 3.67. The Morgan fingerprint density at radius 1 is 0.875 bits per heavy atom. The molecule has 0 aliphatic carbocycles. The van der Waals surface area contributed by atoms with Crippen LogP contribution in [0.4, 0.5) is 0 Å². The molecule has 0 aliphatic rings. The lowest BCUT2D eigenvalue weighted by Gasteiger charge is -2.16. The molecule has 1 unspecified atom stereocenters. The van der Waals surface area contributed by atoms with Crippen LogP contribution < -0.4 is 0 Å². The SMILES string of the molecule is CC(=O)OC/C(=C(\C(=O)OCCCCCCO)c1ccccc1)c1ccc(S(C)=O)cc1. The third-order valence-electron chi connectivity index (χ3n) is 4.81. The average Bonchev–Trinajstić information content (AvgIpc) is 2.79. The van der Waals surface area contributed by atoms with Crippen LogP contribution in [0.3, 0.4) is 0 Å². The van der Waals surface area contributed by atoms with Crippen LogP contribution in [0.15, 0.2) is 59.5 Å². The van der Waals surface area contributed by atoms with Crippen molar-refractivity contribution in [2.24, 2.45) is 0 Å². The number of benzene rings is 2. The molecular formula is C25H30O6S. The van der Waals surface area contributed by atoms with E-state index in [2.05, 4.69) is 0 Å². The van der Waals surface area contributed by atoms with Gasteiger partial charge in [0.1, 0.15) is 6.61 Å². The summed E-state index contributed by atoms with van der Waals surface area (Å²) in [7, 11) is -1.13. The van der Waals surface area contributed by atoms with Crippen LogP contribution in [0.5, 0.6) is 0 Å². The monoisotopic (exact) mass is 458 g/mol. The minimum Gasteiger partial charge on any atom is -0.462 e. The highest BCUT2D eigenvalue weighted by atomic mass is 32.2. The van der Waals surface area contributed by atoms with Crippen LogP contribution in [-0.4, -0.2) is 47.3 Å². The summed E-state index contributed by atoms with van der Waals surface area (Å²) in [5.74, 6) is -0.956. The van der Waals surface area contributed by atoms with Gasteiger partial charge in [-0.05, 0) is 42.5 Å². The number of aliphatic hydroxyl groups is 1. The standard InChI is InChI=1S/C25H30O6S/c1-19(27)31-18-23(20-12-14-22(15-13-20)32(2)29)24(21-10-6-5-7-11-21)25(28)30-17-9-4-3-8-16-26/h5-7,10-15,26H,3-4,8-9,16-18H2,1-2H3/b24-23+. The van der Waals surface area contributed by atoms with Crippen LogP contribution in [-0.2, 0) is 29.9 Å². The van der Waals surface area contributed by atoms with Crippen LogP contribution >= 0.6 is 0 Å². The molecule has 0 amide bonds. The van der Waals surface area contributed by atoms with E-state index in [1.165, 1.54) is 6.92 Å². The highest BCUT2D eigenvalue weighted by molar-refractivity contribution is 7.84. The number of esters is 2. The first-order valence-electron chi connectivity index (χ1n) is 10.6. The molecule has 0 spiro atoms. The number of ether oxygens (including phenoxy) is 2. The zero-order chi connectivity index (χ0) is 23.3. The van der Waals surface area contributed by atoms with Gasteiger partial charge in [0.05, 0.1) is 12.2 Å². The molecule has 0 heterocycles. The van der Waals surface area contributed by atoms with Crippen LogP contribution in [0.25, 0.3) is 11.1 Å². The van der Waals surface area contributed by atoms with Gasteiger partial charge in [0.15, 0.2) is 0 Å². The van der Waals surface area contributed by atoms with E-state index < -0.39 is 22.7 Å². The number of carbonyl (C=O) groups is 2. The number of rotatable bonds is 12. The molecule has 0 aliphatic heterocycles. The summed E-state index contributed by atoms with van der Waals surface area (Å²) in [5, 5.41) is 8.87. The zero-order valence-electron chi connectivity index (χ0n) is 18.5. The highest BCUT2D eigenvalue weighted by Gasteiger charge is 2.21. The molecule has 0 radical (unpaired) electrons. The molecule has 0 saturated heterocycles. The van der Waals surface area contributed by atoms with Crippen molar-refractivity contribution < 1.29 is 28.4 Å². The van der Waals surface area contributed by atoms with E-state index in [0.717, 1.165) is 19.3 Å². The lowest BCUT2D eigenvalue weighted by atomic mass is 9.95. The second-order valence-electron chi connectivity index (χ2n) is 7.25. The Labute approximate surface area is 191 Å². The largest absolute Gasteiger partial charge is 0.462 e. The summed E-state index contributed by atoms with van der Waals surface area (Å²) < 4.78 is 22.6. The second-order valence-corrected chi connectivity index (χ2v) is 8.63. The van der Waals surface area contributed by atoms with Crippen LogP contribution in [0, 0.1) is 0 Å². The molecule has 0 bridgehead atoms. The first kappa shape index (κ1) is 25.5. The third-order valence-corrected chi connectivity index (χ3v) is 5.74. The molecule has 7 heteroatoms. The van der Waals surface area contributed by atoms with Crippen LogP contribution in [0.2, 0.25) is 0 Å². The van der Waals surface area contributed by atoms with Gasteiger partial charge in [-0.2, -0.15) is 0 Å². The Bertz CT molecular complexity index is 935. The van der Waals surface area contributed by atoms with Crippen molar-refractivity contribution in [2.45, 2.75) is 37.5 Å². The summed E-state index contributed by atoms with van der Waals surface area (Å²) in [5.41, 5.74) is 2.18. The summed E-state index contributed by atoms with van der Waals surface area (Å²) in [6.07, 6.45) is 4.75. The number of hydrogen-bond acceptors (Lipinski definition) is 6. The maximum atomic E-state index is 13.2. The van der Waals surface area contributed by atoms with Crippen molar-refractivity contribution >= 4 is 33.9 Å².